The van der Waals surface area contributed by atoms with Crippen molar-refractivity contribution >= 4 is 34.2 Å². The molecular formula is C24H30ClN9O2. The highest BCUT2D eigenvalue weighted by atomic mass is 35.5. The lowest BCUT2D eigenvalue weighted by Crippen LogP contribution is -2.49. The first-order chi connectivity index (χ1) is 17.6. The second-order valence-electron chi connectivity index (χ2n) is 9.53. The van der Waals surface area contributed by atoms with E-state index in [4.69, 9.17) is 22.1 Å². The number of aromatic nitrogens is 6. The maximum Gasteiger partial charge on any atom is 0.353 e. The Hall–Kier alpha value is -2.99. The van der Waals surface area contributed by atoms with Gasteiger partial charge in [-0.05, 0) is 43.6 Å². The fourth-order valence-corrected chi connectivity index (χ4v) is 5.58. The molecule has 0 aliphatic carbocycles. The highest BCUT2D eigenvalue weighted by Gasteiger charge is 2.26. The van der Waals surface area contributed by atoms with E-state index in [1.807, 2.05) is 22.9 Å². The van der Waals surface area contributed by atoms with Gasteiger partial charge in [0.25, 0.3) is 0 Å². The van der Waals surface area contributed by atoms with E-state index >= 15 is 0 Å². The quantitative estimate of drug-likeness (QED) is 0.412. The van der Waals surface area contributed by atoms with Crippen LogP contribution in [0.4, 0.5) is 5.95 Å². The Morgan fingerprint density at radius 3 is 2.64 bits per heavy atom. The summed E-state index contributed by atoms with van der Waals surface area (Å²) in [5.41, 5.74) is 7.86. The fourth-order valence-electron chi connectivity index (χ4n) is 5.36. The Morgan fingerprint density at radius 2 is 1.86 bits per heavy atom. The lowest BCUT2D eigenvalue weighted by molar-refractivity contribution is 0.000640. The topological polar surface area (TPSA) is 112 Å². The van der Waals surface area contributed by atoms with Crippen LogP contribution in [0.2, 0.25) is 5.02 Å². The zero-order valence-electron chi connectivity index (χ0n) is 20.1. The molecule has 3 aromatic heterocycles. The number of fused-ring (bicyclic) bond motifs is 3. The summed E-state index contributed by atoms with van der Waals surface area (Å²) < 4.78 is 10.1. The molecule has 0 saturated carbocycles. The van der Waals surface area contributed by atoms with Crippen LogP contribution in [0.25, 0.3) is 16.7 Å². The van der Waals surface area contributed by atoms with E-state index in [1.54, 1.807) is 12.3 Å². The van der Waals surface area contributed by atoms with E-state index in [9.17, 15) is 4.79 Å². The van der Waals surface area contributed by atoms with Crippen molar-refractivity contribution in [2.75, 3.05) is 51.7 Å². The molecule has 0 spiro atoms. The number of nitrogens with two attached hydrogens (primary N) is 1. The minimum Gasteiger partial charge on any atom is -0.379 e. The molecule has 5 heterocycles. The molecule has 2 aliphatic rings. The third-order valence-corrected chi connectivity index (χ3v) is 7.55. The number of nitrogen functional groups attached to an aromatic ring is 1. The van der Waals surface area contributed by atoms with Crippen LogP contribution in [0, 0.1) is 0 Å². The molecule has 2 aliphatic heterocycles. The average Bonchev–Trinajstić information content (AvgIpc) is 3.44. The summed E-state index contributed by atoms with van der Waals surface area (Å²) in [6, 6.07) is 8.02. The SMILES string of the molecule is Nc1nc2c(cnn2CCN2CCC(N3CCOCC3)CC2)c2nn(Cc3cccc(Cl)c3)c(=O)n12. The van der Waals surface area contributed by atoms with Crippen LogP contribution >= 0.6 is 11.6 Å². The summed E-state index contributed by atoms with van der Waals surface area (Å²) in [5, 5.41) is 10.4. The molecular weight excluding hydrogens is 482 g/mol. The Balaban J connectivity index is 1.18. The van der Waals surface area contributed by atoms with Gasteiger partial charge < -0.3 is 15.4 Å². The minimum absolute atomic E-state index is 0.105. The highest BCUT2D eigenvalue weighted by Crippen LogP contribution is 2.20. The molecule has 12 heteroatoms. The standard InChI is InChI=1S/C24H30ClN9O2/c25-18-3-1-2-17(14-18)16-33-24(35)34-22(29-33)20-15-27-32(21(20)28-23(34)26)9-8-30-6-4-19(5-7-30)31-10-12-36-13-11-31/h1-3,14-15,19H,4-13,16H2,(H2,26,28). The third-order valence-electron chi connectivity index (χ3n) is 7.31. The summed E-state index contributed by atoms with van der Waals surface area (Å²) >= 11 is 6.10. The number of benzene rings is 1. The number of likely N-dealkylation sites (tertiary alicyclic amines) is 1. The maximum absolute atomic E-state index is 13.0. The second-order valence-corrected chi connectivity index (χ2v) is 9.96. The number of nitrogens with zero attached hydrogens (tertiary/aromatic N) is 8. The van der Waals surface area contributed by atoms with Gasteiger partial charge in [0.05, 0.1) is 37.9 Å². The van der Waals surface area contributed by atoms with Gasteiger partial charge >= 0.3 is 5.69 Å². The number of rotatable bonds is 6. The van der Waals surface area contributed by atoms with Gasteiger partial charge in [0.15, 0.2) is 11.3 Å². The van der Waals surface area contributed by atoms with Gasteiger partial charge in [-0.1, -0.05) is 23.7 Å². The van der Waals surface area contributed by atoms with Crippen molar-refractivity contribution in [3.63, 3.8) is 0 Å². The first-order valence-electron chi connectivity index (χ1n) is 12.5. The van der Waals surface area contributed by atoms with Crippen molar-refractivity contribution in [2.45, 2.75) is 32.0 Å². The number of hydrogen-bond donors (Lipinski definition) is 1. The van der Waals surface area contributed by atoms with Crippen molar-refractivity contribution < 1.29 is 4.74 Å². The zero-order chi connectivity index (χ0) is 24.6. The number of hydrogen-bond acceptors (Lipinski definition) is 8. The number of anilines is 1. The largest absolute Gasteiger partial charge is 0.379 e. The Labute approximate surface area is 213 Å². The number of ether oxygens (including phenoxy) is 1. The smallest absolute Gasteiger partial charge is 0.353 e. The minimum atomic E-state index is -0.340. The molecule has 2 fully saturated rings. The second kappa shape index (κ2) is 9.81. The first kappa shape index (κ1) is 23.4. The van der Waals surface area contributed by atoms with Crippen molar-refractivity contribution in [2.24, 2.45) is 0 Å². The van der Waals surface area contributed by atoms with Gasteiger partial charge in [-0.15, -0.1) is 5.10 Å². The fraction of sp³-hybridized carbons (Fsp3) is 0.500. The summed E-state index contributed by atoms with van der Waals surface area (Å²) in [6.45, 7) is 7.80. The lowest BCUT2D eigenvalue weighted by Gasteiger charge is -2.40. The molecule has 2 saturated heterocycles. The van der Waals surface area contributed by atoms with Crippen molar-refractivity contribution in [1.29, 1.82) is 0 Å². The summed E-state index contributed by atoms with van der Waals surface area (Å²) in [7, 11) is 0. The van der Waals surface area contributed by atoms with Gasteiger partial charge in [-0.3, -0.25) is 4.90 Å². The van der Waals surface area contributed by atoms with E-state index in [0.717, 1.165) is 51.5 Å². The van der Waals surface area contributed by atoms with Crippen LogP contribution in [0.5, 0.6) is 0 Å². The molecule has 0 atom stereocenters. The molecule has 0 unspecified atom stereocenters. The maximum atomic E-state index is 13.0. The molecule has 0 radical (unpaired) electrons. The normalized spacial score (nSPS) is 18.5. The predicted octanol–water partition coefficient (Wildman–Crippen LogP) is 1.32. The molecule has 0 amide bonds. The molecule has 4 aromatic rings. The van der Waals surface area contributed by atoms with Gasteiger partial charge in [0.1, 0.15) is 0 Å². The highest BCUT2D eigenvalue weighted by molar-refractivity contribution is 6.30. The van der Waals surface area contributed by atoms with Crippen molar-refractivity contribution in [3.8, 4) is 0 Å². The Bertz CT molecular complexity index is 1430. The summed E-state index contributed by atoms with van der Waals surface area (Å²) in [5.74, 6) is 0.105. The molecule has 36 heavy (non-hydrogen) atoms. The lowest BCUT2D eigenvalue weighted by atomic mass is 10.0. The monoisotopic (exact) mass is 511 g/mol. The van der Waals surface area contributed by atoms with Crippen LogP contribution in [-0.4, -0.2) is 90.7 Å². The molecule has 6 rings (SSSR count). The van der Waals surface area contributed by atoms with Crippen LogP contribution < -0.4 is 11.4 Å². The Morgan fingerprint density at radius 1 is 1.06 bits per heavy atom. The van der Waals surface area contributed by atoms with E-state index in [-0.39, 0.29) is 18.2 Å². The number of halogens is 1. The van der Waals surface area contributed by atoms with Crippen LogP contribution in [0.1, 0.15) is 18.4 Å². The van der Waals surface area contributed by atoms with E-state index in [0.29, 0.717) is 34.3 Å². The number of piperidine rings is 1. The zero-order valence-corrected chi connectivity index (χ0v) is 20.8. The first-order valence-corrected chi connectivity index (χ1v) is 12.8. The van der Waals surface area contributed by atoms with E-state index in [2.05, 4.69) is 25.0 Å². The molecule has 1 aromatic carbocycles. The van der Waals surface area contributed by atoms with Gasteiger partial charge in [-0.2, -0.15) is 10.1 Å². The van der Waals surface area contributed by atoms with Crippen molar-refractivity contribution in [3.05, 3.63) is 51.5 Å². The third kappa shape index (κ3) is 4.47. The number of morpholine rings is 1. The molecule has 11 nitrogen and oxygen atoms in total. The van der Waals surface area contributed by atoms with Crippen molar-refractivity contribution in [1.82, 2.24) is 38.7 Å². The average molecular weight is 512 g/mol. The van der Waals surface area contributed by atoms with Gasteiger partial charge in [-0.25, -0.2) is 18.6 Å². The van der Waals surface area contributed by atoms with Crippen LogP contribution in [0.15, 0.2) is 35.3 Å². The molecule has 190 valence electrons. The summed E-state index contributed by atoms with van der Waals surface area (Å²) in [6.07, 6.45) is 4.08. The van der Waals surface area contributed by atoms with Crippen LogP contribution in [0.3, 0.4) is 0 Å². The van der Waals surface area contributed by atoms with Crippen LogP contribution in [-0.2, 0) is 17.8 Å². The predicted molar refractivity (Wildman–Crippen MR) is 137 cm³/mol. The molecule has 2 N–H and O–H groups in total. The summed E-state index contributed by atoms with van der Waals surface area (Å²) in [4.78, 5) is 22.6. The van der Waals surface area contributed by atoms with E-state index < -0.39 is 0 Å². The van der Waals surface area contributed by atoms with Gasteiger partial charge in [0.2, 0.25) is 5.95 Å². The Kier molecular flexibility index (Phi) is 6.38. The van der Waals surface area contributed by atoms with Gasteiger partial charge in [0, 0.05) is 30.7 Å². The molecule has 0 bridgehead atoms. The van der Waals surface area contributed by atoms with E-state index in [1.165, 1.54) is 21.9 Å².